The van der Waals surface area contributed by atoms with Crippen molar-refractivity contribution in [2.24, 2.45) is 0 Å². The molecule has 8 heteroatoms. The van der Waals surface area contributed by atoms with Gasteiger partial charge in [0.15, 0.2) is 5.75 Å². The van der Waals surface area contributed by atoms with Gasteiger partial charge in [0.05, 0.1) is 16.6 Å². The zero-order valence-electron chi connectivity index (χ0n) is 11.1. The molecule has 1 heterocycles. The first-order valence-corrected chi connectivity index (χ1v) is 6.26. The molecular formula is C14H10N4O4. The number of benzene rings is 2. The van der Waals surface area contributed by atoms with Crippen LogP contribution in [0.25, 0.3) is 10.9 Å². The van der Waals surface area contributed by atoms with E-state index in [2.05, 4.69) is 15.5 Å². The molecule has 0 aliphatic rings. The van der Waals surface area contributed by atoms with Gasteiger partial charge < -0.3 is 10.4 Å². The van der Waals surface area contributed by atoms with Crippen LogP contribution in [0, 0.1) is 10.1 Å². The molecule has 0 fully saturated rings. The Hall–Kier alpha value is -3.42. The molecule has 0 atom stereocenters. The van der Waals surface area contributed by atoms with E-state index in [4.69, 9.17) is 0 Å². The second kappa shape index (κ2) is 5.17. The fourth-order valence-corrected chi connectivity index (χ4v) is 2.03. The molecule has 1 aromatic heterocycles. The summed E-state index contributed by atoms with van der Waals surface area (Å²) in [4.78, 5) is 22.2. The number of aromatic hydroxyl groups is 1. The molecule has 0 aliphatic carbocycles. The van der Waals surface area contributed by atoms with Crippen molar-refractivity contribution in [1.29, 1.82) is 0 Å². The zero-order valence-corrected chi connectivity index (χ0v) is 11.1. The number of nitrogens with zero attached hydrogens (tertiary/aromatic N) is 2. The van der Waals surface area contributed by atoms with Crippen LogP contribution in [-0.2, 0) is 0 Å². The first kappa shape index (κ1) is 13.6. The smallest absolute Gasteiger partial charge is 0.311 e. The highest BCUT2D eigenvalue weighted by molar-refractivity contribution is 6.05. The lowest BCUT2D eigenvalue weighted by atomic mass is 10.1. The van der Waals surface area contributed by atoms with Gasteiger partial charge in [-0.2, -0.15) is 5.10 Å². The van der Waals surface area contributed by atoms with E-state index in [0.29, 0.717) is 5.69 Å². The van der Waals surface area contributed by atoms with Crippen LogP contribution in [0.5, 0.6) is 5.75 Å². The monoisotopic (exact) mass is 298 g/mol. The molecule has 1 amide bonds. The third kappa shape index (κ3) is 2.44. The Bertz CT molecular complexity index is 887. The van der Waals surface area contributed by atoms with E-state index in [0.717, 1.165) is 23.0 Å². The second-order valence-electron chi connectivity index (χ2n) is 4.59. The Kier molecular flexibility index (Phi) is 3.18. The van der Waals surface area contributed by atoms with Gasteiger partial charge in [-0.25, -0.2) is 0 Å². The van der Waals surface area contributed by atoms with E-state index in [1.807, 2.05) is 0 Å². The summed E-state index contributed by atoms with van der Waals surface area (Å²) < 4.78 is 0. The Morgan fingerprint density at radius 1 is 1.27 bits per heavy atom. The molecule has 0 unspecified atom stereocenters. The SMILES string of the molecule is O=C(Nc1ccc2cn[nH]c2c1)c1ccc(O)c([N+](=O)[O-])c1. The van der Waals surface area contributed by atoms with Crippen LogP contribution in [0.15, 0.2) is 42.6 Å². The predicted octanol–water partition coefficient (Wildman–Crippen LogP) is 2.43. The van der Waals surface area contributed by atoms with Gasteiger partial charge in [-0.1, -0.05) is 0 Å². The molecule has 0 aliphatic heterocycles. The summed E-state index contributed by atoms with van der Waals surface area (Å²) in [7, 11) is 0. The van der Waals surface area contributed by atoms with Crippen molar-refractivity contribution in [3.8, 4) is 5.75 Å². The van der Waals surface area contributed by atoms with E-state index in [1.54, 1.807) is 24.4 Å². The lowest BCUT2D eigenvalue weighted by Gasteiger charge is -2.06. The molecule has 8 nitrogen and oxygen atoms in total. The van der Waals surface area contributed by atoms with Crippen LogP contribution in [0.1, 0.15) is 10.4 Å². The van der Waals surface area contributed by atoms with Crippen molar-refractivity contribution < 1.29 is 14.8 Å². The number of nitro groups is 1. The standard InChI is InChI=1S/C14H10N4O4/c19-13-4-2-8(5-12(13)18(21)22)14(20)16-10-3-1-9-7-15-17-11(9)6-10/h1-7,19H,(H,15,17)(H,16,20). The predicted molar refractivity (Wildman–Crippen MR) is 78.8 cm³/mol. The summed E-state index contributed by atoms with van der Waals surface area (Å²) in [6.07, 6.45) is 1.66. The number of aromatic nitrogens is 2. The number of phenolic OH excluding ortho intramolecular Hbond substituents is 1. The summed E-state index contributed by atoms with van der Waals surface area (Å²) in [6.45, 7) is 0. The van der Waals surface area contributed by atoms with Crippen molar-refractivity contribution in [2.45, 2.75) is 0 Å². The fraction of sp³-hybridized carbons (Fsp3) is 0. The number of H-pyrrole nitrogens is 1. The first-order valence-electron chi connectivity index (χ1n) is 6.26. The maximum Gasteiger partial charge on any atom is 0.311 e. The fourth-order valence-electron chi connectivity index (χ4n) is 2.03. The number of amides is 1. The van der Waals surface area contributed by atoms with Crippen LogP contribution >= 0.6 is 0 Å². The lowest BCUT2D eigenvalue weighted by Crippen LogP contribution is -2.12. The molecule has 2 aromatic carbocycles. The topological polar surface area (TPSA) is 121 Å². The van der Waals surface area contributed by atoms with Crippen molar-refractivity contribution in [3.63, 3.8) is 0 Å². The second-order valence-corrected chi connectivity index (χ2v) is 4.59. The van der Waals surface area contributed by atoms with Gasteiger partial charge in [0, 0.05) is 22.7 Å². The highest BCUT2D eigenvalue weighted by Gasteiger charge is 2.17. The molecule has 0 spiro atoms. The van der Waals surface area contributed by atoms with Crippen molar-refractivity contribution >= 4 is 28.2 Å². The van der Waals surface area contributed by atoms with E-state index < -0.39 is 22.3 Å². The number of carbonyl (C=O) groups is 1. The van der Waals surface area contributed by atoms with E-state index >= 15 is 0 Å². The third-order valence-electron chi connectivity index (χ3n) is 3.13. The number of hydrogen-bond donors (Lipinski definition) is 3. The van der Waals surface area contributed by atoms with Gasteiger partial charge >= 0.3 is 5.69 Å². The molecule has 3 N–H and O–H groups in total. The number of phenols is 1. The van der Waals surface area contributed by atoms with Crippen molar-refractivity contribution in [2.75, 3.05) is 5.32 Å². The third-order valence-corrected chi connectivity index (χ3v) is 3.13. The minimum atomic E-state index is -0.747. The summed E-state index contributed by atoms with van der Waals surface area (Å²) >= 11 is 0. The Labute approximate surface area is 123 Å². The number of anilines is 1. The number of nitrogens with one attached hydrogen (secondary N) is 2. The average molecular weight is 298 g/mol. The quantitative estimate of drug-likeness (QED) is 0.506. The van der Waals surface area contributed by atoms with Crippen LogP contribution in [-0.4, -0.2) is 26.1 Å². The van der Waals surface area contributed by atoms with Gasteiger partial charge in [0.25, 0.3) is 5.91 Å². The lowest BCUT2D eigenvalue weighted by molar-refractivity contribution is -0.385. The maximum atomic E-state index is 12.1. The van der Waals surface area contributed by atoms with Crippen molar-refractivity contribution in [1.82, 2.24) is 10.2 Å². The minimum Gasteiger partial charge on any atom is -0.502 e. The molecule has 110 valence electrons. The highest BCUT2D eigenvalue weighted by atomic mass is 16.6. The number of carbonyl (C=O) groups excluding carboxylic acids is 1. The summed E-state index contributed by atoms with van der Waals surface area (Å²) in [6, 6.07) is 8.64. The molecular weight excluding hydrogens is 288 g/mol. The largest absolute Gasteiger partial charge is 0.502 e. The maximum absolute atomic E-state index is 12.1. The molecule has 22 heavy (non-hydrogen) atoms. The molecule has 3 aromatic rings. The molecule has 0 radical (unpaired) electrons. The summed E-state index contributed by atoms with van der Waals surface area (Å²) in [5.74, 6) is -0.998. The number of nitro benzene ring substituents is 1. The van der Waals surface area contributed by atoms with Gasteiger partial charge in [0.1, 0.15) is 0 Å². The Morgan fingerprint density at radius 3 is 2.86 bits per heavy atom. The Morgan fingerprint density at radius 2 is 2.09 bits per heavy atom. The Balaban J connectivity index is 1.87. The summed E-state index contributed by atoms with van der Waals surface area (Å²) in [5, 5.41) is 30.4. The normalized spacial score (nSPS) is 10.5. The number of fused-ring (bicyclic) bond motifs is 1. The molecule has 0 bridgehead atoms. The summed E-state index contributed by atoms with van der Waals surface area (Å²) in [5.41, 5.74) is 0.845. The van der Waals surface area contributed by atoms with E-state index in [9.17, 15) is 20.0 Å². The number of hydrogen-bond acceptors (Lipinski definition) is 5. The van der Waals surface area contributed by atoms with Gasteiger partial charge in [0.2, 0.25) is 0 Å². The first-order chi connectivity index (χ1) is 10.5. The molecule has 3 rings (SSSR count). The zero-order chi connectivity index (χ0) is 15.7. The van der Waals surface area contributed by atoms with Crippen molar-refractivity contribution in [3.05, 3.63) is 58.3 Å². The van der Waals surface area contributed by atoms with E-state index in [-0.39, 0.29) is 5.56 Å². The highest BCUT2D eigenvalue weighted by Crippen LogP contribution is 2.26. The minimum absolute atomic E-state index is 0.0780. The van der Waals surface area contributed by atoms with Crippen LogP contribution in [0.2, 0.25) is 0 Å². The van der Waals surface area contributed by atoms with Crippen LogP contribution < -0.4 is 5.32 Å². The van der Waals surface area contributed by atoms with E-state index in [1.165, 1.54) is 6.07 Å². The number of rotatable bonds is 3. The average Bonchev–Trinajstić information content (AvgIpc) is 2.94. The van der Waals surface area contributed by atoms with Gasteiger partial charge in [-0.3, -0.25) is 20.0 Å². The van der Waals surface area contributed by atoms with Crippen LogP contribution in [0.3, 0.4) is 0 Å². The van der Waals surface area contributed by atoms with Crippen LogP contribution in [0.4, 0.5) is 11.4 Å². The molecule has 0 saturated heterocycles. The van der Waals surface area contributed by atoms with Gasteiger partial charge in [-0.05, 0) is 30.3 Å². The number of aromatic amines is 1. The molecule has 0 saturated carbocycles. The van der Waals surface area contributed by atoms with Gasteiger partial charge in [-0.15, -0.1) is 0 Å².